The third-order valence-corrected chi connectivity index (χ3v) is 14.2. The first kappa shape index (κ1) is 62.1. The zero-order chi connectivity index (χ0) is 60.0. The summed E-state index contributed by atoms with van der Waals surface area (Å²) in [5, 5.41) is 0. The van der Waals surface area contributed by atoms with Gasteiger partial charge in [-0.2, -0.15) is 127 Å². The van der Waals surface area contributed by atoms with Crippen molar-refractivity contribution in [2.24, 2.45) is 0 Å². The SMILES string of the molecule is C[S+](=O)(Cc1ccc(Oc2ccccc2)cc1)c1ccccc1.FC(F)(F)c1cc([B-](c2cc(C(F)(F)F)cc(C(F)(F)F)c2)(c2cc(C(F)(F)F)cc(C(F)(F)F)c2)c2cc(C(F)(F)F)cc(C(F)(F)F)c2)cc(C(F)(F)F)c1. The van der Waals surface area contributed by atoms with Crippen molar-refractivity contribution in [1.82, 2.24) is 0 Å². The van der Waals surface area contributed by atoms with E-state index < -0.39 is 205 Å². The number of halogens is 24. The Morgan fingerprint density at radius 3 is 0.787 bits per heavy atom. The summed E-state index contributed by atoms with van der Waals surface area (Å²) in [6, 6.07) is 18.3. The van der Waals surface area contributed by atoms with Crippen molar-refractivity contribution >= 4 is 37.9 Å². The molecule has 0 bridgehead atoms. The van der Waals surface area contributed by atoms with Crippen LogP contribution in [0.4, 0.5) is 105 Å². The van der Waals surface area contributed by atoms with Crippen LogP contribution in [0.15, 0.2) is 163 Å². The van der Waals surface area contributed by atoms with Gasteiger partial charge in [0.25, 0.3) is 0 Å². The van der Waals surface area contributed by atoms with Crippen LogP contribution in [0.2, 0.25) is 0 Å². The second-order valence-electron chi connectivity index (χ2n) is 17.7. The molecule has 1 unspecified atom stereocenters. The van der Waals surface area contributed by atoms with Crippen LogP contribution in [-0.2, 0) is 69.3 Å². The van der Waals surface area contributed by atoms with E-state index in [1.54, 1.807) is 0 Å². The monoisotopic (exact) mass is 1190 g/mol. The Morgan fingerprint density at radius 1 is 0.325 bits per heavy atom. The van der Waals surface area contributed by atoms with Crippen LogP contribution in [-0.4, -0.2) is 12.4 Å². The zero-order valence-electron chi connectivity index (χ0n) is 39.6. The fourth-order valence-electron chi connectivity index (χ4n) is 8.46. The standard InChI is InChI=1S/C32H12BF24.C20H19O2S/c34-25(35,36)13-1-14(26(37,38)39)6-21(5-13)33(22-7-15(27(40,41)42)2-16(8-22)28(43,44)45,23-9-17(29(46,47)48)3-18(10-23)30(49,50)51)24-11-19(31(52,53)54)4-20(12-24)32(55,56)57;1-23(21,20-10-6-3-7-11-20)16-17-12-14-19(15-13-17)22-18-8-4-2-5-9-18/h1-12H;2-15H,16H2,1H3/q-1;+1. The van der Waals surface area contributed by atoms with E-state index in [1.807, 2.05) is 91.2 Å². The van der Waals surface area contributed by atoms with Crippen LogP contribution in [0.3, 0.4) is 0 Å². The summed E-state index contributed by atoms with van der Waals surface area (Å²) >= 11 is 0. The van der Waals surface area contributed by atoms with E-state index in [0.717, 1.165) is 22.0 Å². The normalized spacial score (nSPS) is 14.0. The molecule has 7 rings (SSSR count). The Bertz CT molecular complexity index is 2920. The minimum Gasteiger partial charge on any atom is -0.457 e. The smallest absolute Gasteiger partial charge is 0.416 e. The number of rotatable bonds is 9. The lowest BCUT2D eigenvalue weighted by molar-refractivity contribution is -0.144. The largest absolute Gasteiger partial charge is 0.457 e. The molecule has 0 aliphatic rings. The Labute approximate surface area is 437 Å². The van der Waals surface area contributed by atoms with Crippen molar-refractivity contribution in [2.45, 2.75) is 60.1 Å². The first-order chi connectivity index (χ1) is 36.4. The number of ether oxygens (including phenoxy) is 1. The third-order valence-electron chi connectivity index (χ3n) is 12.0. The maximum Gasteiger partial charge on any atom is 0.416 e. The highest BCUT2D eigenvalue weighted by Crippen LogP contribution is 2.42. The second-order valence-corrected chi connectivity index (χ2v) is 20.5. The maximum atomic E-state index is 14.2. The average Bonchev–Trinajstić information content (AvgIpc) is 3.47. The van der Waals surface area contributed by atoms with Gasteiger partial charge in [-0.25, -0.2) is 0 Å². The molecule has 28 heteroatoms. The first-order valence-corrected chi connectivity index (χ1v) is 24.2. The second kappa shape index (κ2) is 21.7. The van der Waals surface area contributed by atoms with Crippen molar-refractivity contribution in [2.75, 3.05) is 6.26 Å². The molecule has 0 aliphatic heterocycles. The molecule has 7 aromatic carbocycles. The topological polar surface area (TPSA) is 26.3 Å². The van der Waals surface area contributed by atoms with Crippen LogP contribution < -0.4 is 26.6 Å². The van der Waals surface area contributed by atoms with Crippen molar-refractivity contribution < 1.29 is 114 Å². The number of alkyl halides is 24. The number of hydrogen-bond donors (Lipinski definition) is 0. The van der Waals surface area contributed by atoms with E-state index in [4.69, 9.17) is 4.74 Å². The van der Waals surface area contributed by atoms with Crippen molar-refractivity contribution in [1.29, 1.82) is 0 Å². The Morgan fingerprint density at radius 2 is 0.550 bits per heavy atom. The molecule has 0 N–H and O–H groups in total. The summed E-state index contributed by atoms with van der Waals surface area (Å²) in [4.78, 5) is 0.893. The van der Waals surface area contributed by atoms with Crippen LogP contribution >= 0.6 is 0 Å². The van der Waals surface area contributed by atoms with Crippen LogP contribution in [0, 0.1) is 0 Å². The summed E-state index contributed by atoms with van der Waals surface area (Å²) in [5.74, 6) is 2.12. The van der Waals surface area contributed by atoms with Gasteiger partial charge in [-0.3, -0.25) is 0 Å². The van der Waals surface area contributed by atoms with Crippen LogP contribution in [0.25, 0.3) is 0 Å². The minimum absolute atomic E-state index is 0.530. The number of para-hydroxylation sites is 1. The van der Waals surface area contributed by atoms with E-state index in [9.17, 15) is 110 Å². The molecule has 80 heavy (non-hydrogen) atoms. The molecule has 0 spiro atoms. The van der Waals surface area contributed by atoms with Gasteiger partial charge >= 0.3 is 49.4 Å². The summed E-state index contributed by atoms with van der Waals surface area (Å²) in [6.45, 7) is 0. The van der Waals surface area contributed by atoms with E-state index in [0.29, 0.717) is 5.75 Å². The van der Waals surface area contributed by atoms with Gasteiger partial charge in [0, 0.05) is 5.56 Å². The van der Waals surface area contributed by atoms with Crippen LogP contribution in [0.1, 0.15) is 50.1 Å². The molecule has 0 saturated carbocycles. The van der Waals surface area contributed by atoms with E-state index in [-0.39, 0.29) is 0 Å². The Hall–Kier alpha value is -7.13. The highest BCUT2D eigenvalue weighted by Gasteiger charge is 2.47. The zero-order valence-corrected chi connectivity index (χ0v) is 40.4. The molecule has 2 nitrogen and oxygen atoms in total. The molecule has 0 heterocycles. The first-order valence-electron chi connectivity index (χ1n) is 22.1. The average molecular weight is 1190 g/mol. The van der Waals surface area contributed by atoms with Crippen molar-refractivity contribution in [3.63, 3.8) is 0 Å². The van der Waals surface area contributed by atoms with Crippen molar-refractivity contribution in [3.05, 3.63) is 208 Å². The van der Waals surface area contributed by atoms with Gasteiger partial charge in [-0.15, -0.1) is 0 Å². The lowest BCUT2D eigenvalue weighted by Gasteiger charge is -2.46. The molecule has 7 aromatic rings. The van der Waals surface area contributed by atoms with E-state index >= 15 is 0 Å². The molecular weight excluding hydrogens is 1160 g/mol. The van der Waals surface area contributed by atoms with Gasteiger partial charge < -0.3 is 4.74 Å². The maximum absolute atomic E-state index is 14.2. The highest BCUT2D eigenvalue weighted by atomic mass is 32.2. The molecule has 428 valence electrons. The molecule has 0 saturated heterocycles. The molecule has 0 aliphatic carbocycles. The third kappa shape index (κ3) is 14.6. The molecule has 0 aromatic heterocycles. The molecular formula is C52H31BF24O2S. The summed E-state index contributed by atoms with van der Waals surface area (Å²) < 4.78 is 359. The Kier molecular flexibility index (Phi) is 16.9. The quantitative estimate of drug-likeness (QED) is 0.0818. The lowest BCUT2D eigenvalue weighted by Crippen LogP contribution is -2.75. The molecule has 0 fully saturated rings. The van der Waals surface area contributed by atoms with Gasteiger partial charge in [0.1, 0.15) is 39.6 Å². The van der Waals surface area contributed by atoms with Crippen LogP contribution in [0.5, 0.6) is 11.5 Å². The predicted molar refractivity (Wildman–Crippen MR) is 245 cm³/mol. The van der Waals surface area contributed by atoms with Gasteiger partial charge in [0.05, 0.1) is 44.5 Å². The Balaban J connectivity index is 0.000000370. The van der Waals surface area contributed by atoms with Gasteiger partial charge in [0.15, 0.2) is 4.90 Å². The van der Waals surface area contributed by atoms with Gasteiger partial charge in [-0.1, -0.05) is 101 Å². The predicted octanol–water partition coefficient (Wildman–Crippen LogP) is 16.4. The minimum atomic E-state index is -6.13. The van der Waals surface area contributed by atoms with E-state index in [1.165, 1.54) is 0 Å². The lowest BCUT2D eigenvalue weighted by atomic mass is 9.12. The summed E-state index contributed by atoms with van der Waals surface area (Å²) in [5.41, 5.74) is -29.2. The molecule has 1 atom stereocenters. The highest BCUT2D eigenvalue weighted by molar-refractivity contribution is 8.01. The van der Waals surface area contributed by atoms with Gasteiger partial charge in [-0.05, 0) is 60.7 Å². The van der Waals surface area contributed by atoms with Gasteiger partial charge in [0.2, 0.25) is 0 Å². The molecule has 0 amide bonds. The number of hydrogen-bond acceptors (Lipinski definition) is 2. The summed E-state index contributed by atoms with van der Waals surface area (Å²) in [7, 11) is -2.08. The van der Waals surface area contributed by atoms with Crippen molar-refractivity contribution in [3.8, 4) is 11.5 Å². The number of benzene rings is 7. The van der Waals surface area contributed by atoms with E-state index in [2.05, 4.69) is 0 Å². The summed E-state index contributed by atoms with van der Waals surface area (Å²) in [6.07, 6.45) is -53.0. The fraction of sp³-hybridized carbons (Fsp3) is 0.192. The molecule has 0 radical (unpaired) electrons. The fourth-order valence-corrected chi connectivity index (χ4v) is 10.2.